The molecule has 0 spiro atoms. The number of hydrogen-bond acceptors (Lipinski definition) is 3. The highest BCUT2D eigenvalue weighted by atomic mass is 35.5. The van der Waals surface area contributed by atoms with Crippen molar-refractivity contribution < 1.29 is 18.7 Å². The average molecular weight is 388 g/mol. The first-order valence-electron chi connectivity index (χ1n) is 8.96. The first kappa shape index (κ1) is 19.3. The number of carbonyl (C=O) groups is 1. The number of benzene rings is 1. The largest absolute Gasteiger partial charge is 0.387 e. The van der Waals surface area contributed by atoms with Crippen molar-refractivity contribution in [2.24, 2.45) is 11.7 Å². The SMILES string of the molecule is NCC1(O)CCN(C(=O)N[C@H](c2c(F)ccc(Cl)c2F)C2CCCC2)C1. The molecule has 1 heterocycles. The molecule has 2 aliphatic rings. The van der Waals surface area contributed by atoms with Crippen molar-refractivity contribution in [3.8, 4) is 0 Å². The van der Waals surface area contributed by atoms with Crippen LogP contribution >= 0.6 is 11.6 Å². The highest BCUT2D eigenvalue weighted by molar-refractivity contribution is 6.30. The van der Waals surface area contributed by atoms with Gasteiger partial charge in [0.1, 0.15) is 11.6 Å². The summed E-state index contributed by atoms with van der Waals surface area (Å²) in [5.41, 5.74) is 4.26. The molecule has 2 fully saturated rings. The van der Waals surface area contributed by atoms with Crippen LogP contribution in [0.25, 0.3) is 0 Å². The number of aliphatic hydroxyl groups is 1. The van der Waals surface area contributed by atoms with E-state index in [0.717, 1.165) is 31.7 Å². The zero-order valence-corrected chi connectivity index (χ0v) is 15.2. The fourth-order valence-electron chi connectivity index (χ4n) is 3.97. The topological polar surface area (TPSA) is 78.6 Å². The monoisotopic (exact) mass is 387 g/mol. The Balaban J connectivity index is 1.84. The van der Waals surface area contributed by atoms with Gasteiger partial charge in [0.15, 0.2) is 0 Å². The molecule has 2 amide bonds. The van der Waals surface area contributed by atoms with Gasteiger partial charge in [-0.25, -0.2) is 13.6 Å². The average Bonchev–Trinajstić information content (AvgIpc) is 3.28. The fourth-order valence-corrected chi connectivity index (χ4v) is 4.13. The van der Waals surface area contributed by atoms with Crippen LogP contribution in [-0.4, -0.2) is 41.3 Å². The van der Waals surface area contributed by atoms with Crippen LogP contribution in [0.15, 0.2) is 12.1 Å². The summed E-state index contributed by atoms with van der Waals surface area (Å²) in [5, 5.41) is 12.8. The van der Waals surface area contributed by atoms with Crippen LogP contribution in [0, 0.1) is 17.6 Å². The number of nitrogens with one attached hydrogen (secondary N) is 1. The number of rotatable bonds is 4. The molecule has 1 aromatic rings. The Labute approximate surface area is 156 Å². The Kier molecular flexibility index (Phi) is 5.69. The van der Waals surface area contributed by atoms with E-state index < -0.39 is 29.3 Å². The van der Waals surface area contributed by atoms with Crippen molar-refractivity contribution in [2.75, 3.05) is 19.6 Å². The molecule has 26 heavy (non-hydrogen) atoms. The van der Waals surface area contributed by atoms with Crippen LogP contribution < -0.4 is 11.1 Å². The van der Waals surface area contributed by atoms with Crippen molar-refractivity contribution in [1.29, 1.82) is 0 Å². The lowest BCUT2D eigenvalue weighted by Gasteiger charge is -2.29. The van der Waals surface area contributed by atoms with E-state index in [-0.39, 0.29) is 29.6 Å². The van der Waals surface area contributed by atoms with Gasteiger partial charge in [0.05, 0.1) is 23.2 Å². The molecule has 0 aromatic heterocycles. The van der Waals surface area contributed by atoms with Gasteiger partial charge >= 0.3 is 6.03 Å². The number of carbonyl (C=O) groups excluding carboxylic acids is 1. The molecule has 144 valence electrons. The van der Waals surface area contributed by atoms with Gasteiger partial charge in [-0.1, -0.05) is 24.4 Å². The Morgan fingerprint density at radius 3 is 2.73 bits per heavy atom. The highest BCUT2D eigenvalue weighted by Gasteiger charge is 2.39. The lowest BCUT2D eigenvalue weighted by Crippen LogP contribution is -2.46. The molecule has 5 nitrogen and oxygen atoms in total. The van der Waals surface area contributed by atoms with Gasteiger partial charge in [-0.05, 0) is 37.3 Å². The molecule has 2 atom stereocenters. The summed E-state index contributed by atoms with van der Waals surface area (Å²) >= 11 is 5.84. The number of halogens is 3. The van der Waals surface area contributed by atoms with Gasteiger partial charge in [0, 0.05) is 18.7 Å². The van der Waals surface area contributed by atoms with E-state index in [0.29, 0.717) is 13.0 Å². The van der Waals surface area contributed by atoms with Crippen molar-refractivity contribution in [3.63, 3.8) is 0 Å². The maximum absolute atomic E-state index is 14.6. The van der Waals surface area contributed by atoms with Gasteiger partial charge in [-0.15, -0.1) is 0 Å². The molecule has 0 bridgehead atoms. The number of hydrogen-bond donors (Lipinski definition) is 3. The molecule has 1 aromatic carbocycles. The third kappa shape index (κ3) is 3.80. The summed E-state index contributed by atoms with van der Waals surface area (Å²) in [5.74, 6) is -1.61. The van der Waals surface area contributed by atoms with E-state index in [1.807, 2.05) is 0 Å². The quantitative estimate of drug-likeness (QED) is 0.695. The predicted molar refractivity (Wildman–Crippen MR) is 94.8 cm³/mol. The second-order valence-electron chi connectivity index (χ2n) is 7.33. The molecule has 4 N–H and O–H groups in total. The van der Waals surface area contributed by atoms with Crippen LogP contribution in [0.3, 0.4) is 0 Å². The van der Waals surface area contributed by atoms with E-state index in [1.165, 1.54) is 11.0 Å². The minimum Gasteiger partial charge on any atom is -0.387 e. The number of urea groups is 1. The molecular weight excluding hydrogens is 364 g/mol. The summed E-state index contributed by atoms with van der Waals surface area (Å²) < 4.78 is 29.0. The minimum absolute atomic E-state index is 0.0559. The van der Waals surface area contributed by atoms with E-state index in [1.54, 1.807) is 0 Å². The van der Waals surface area contributed by atoms with Gasteiger partial charge in [-0.2, -0.15) is 0 Å². The Hall–Kier alpha value is -1.44. The highest BCUT2D eigenvalue weighted by Crippen LogP contribution is 2.39. The Morgan fingerprint density at radius 2 is 2.12 bits per heavy atom. The lowest BCUT2D eigenvalue weighted by molar-refractivity contribution is 0.0609. The van der Waals surface area contributed by atoms with Gasteiger partial charge in [0.25, 0.3) is 0 Å². The molecule has 1 aliphatic carbocycles. The normalized spacial score (nSPS) is 24.9. The predicted octanol–water partition coefficient (Wildman–Crippen LogP) is 2.95. The first-order valence-corrected chi connectivity index (χ1v) is 9.34. The number of β-amino-alcohol motifs (C(OH)–C–C–N with tert-alkyl or cyclic N) is 1. The Morgan fingerprint density at radius 1 is 1.42 bits per heavy atom. The number of nitrogens with zero attached hydrogens (tertiary/aromatic N) is 1. The number of nitrogens with two attached hydrogens (primary N) is 1. The van der Waals surface area contributed by atoms with Gasteiger partial charge < -0.3 is 21.1 Å². The first-order chi connectivity index (χ1) is 12.3. The van der Waals surface area contributed by atoms with Crippen LogP contribution in [0.2, 0.25) is 5.02 Å². The number of amides is 2. The zero-order valence-electron chi connectivity index (χ0n) is 14.5. The third-order valence-corrected chi connectivity index (χ3v) is 5.83. The van der Waals surface area contributed by atoms with Crippen LogP contribution in [0.5, 0.6) is 0 Å². The molecule has 0 radical (unpaired) electrons. The van der Waals surface area contributed by atoms with Crippen molar-refractivity contribution in [1.82, 2.24) is 10.2 Å². The summed E-state index contributed by atoms with van der Waals surface area (Å²) in [4.78, 5) is 14.1. The fraction of sp³-hybridized carbons (Fsp3) is 0.611. The molecule has 8 heteroatoms. The van der Waals surface area contributed by atoms with Gasteiger partial charge in [-0.3, -0.25) is 0 Å². The Bertz CT molecular complexity index is 685. The molecule has 1 saturated carbocycles. The maximum Gasteiger partial charge on any atom is 0.317 e. The second-order valence-corrected chi connectivity index (χ2v) is 7.74. The number of likely N-dealkylation sites (tertiary alicyclic amines) is 1. The molecular formula is C18H24ClF2N3O2. The van der Waals surface area contributed by atoms with Crippen LogP contribution in [0.4, 0.5) is 13.6 Å². The molecule has 1 unspecified atom stereocenters. The molecule has 1 saturated heterocycles. The van der Waals surface area contributed by atoms with E-state index in [4.69, 9.17) is 17.3 Å². The molecule has 1 aliphatic heterocycles. The summed E-state index contributed by atoms with van der Waals surface area (Å²) in [7, 11) is 0. The minimum atomic E-state index is -1.10. The smallest absolute Gasteiger partial charge is 0.317 e. The van der Waals surface area contributed by atoms with Crippen molar-refractivity contribution >= 4 is 17.6 Å². The van der Waals surface area contributed by atoms with E-state index in [2.05, 4.69) is 5.32 Å². The summed E-state index contributed by atoms with van der Waals surface area (Å²) in [6.07, 6.45) is 3.85. The van der Waals surface area contributed by atoms with E-state index in [9.17, 15) is 18.7 Å². The van der Waals surface area contributed by atoms with Gasteiger partial charge in [0.2, 0.25) is 0 Å². The van der Waals surface area contributed by atoms with E-state index >= 15 is 0 Å². The standard InChI is InChI=1S/C18H24ClF2N3O2/c19-12-5-6-13(20)14(15(12)21)16(11-3-1-2-4-11)23-17(25)24-8-7-18(26,9-22)10-24/h5-6,11,16,26H,1-4,7-10,22H2,(H,23,25)/t16-,18?/m0/s1. The maximum atomic E-state index is 14.6. The van der Waals surface area contributed by atoms with Crippen LogP contribution in [-0.2, 0) is 0 Å². The second kappa shape index (κ2) is 7.66. The van der Waals surface area contributed by atoms with Crippen molar-refractivity contribution in [2.45, 2.75) is 43.7 Å². The van der Waals surface area contributed by atoms with Crippen molar-refractivity contribution in [3.05, 3.63) is 34.4 Å². The van der Waals surface area contributed by atoms with Crippen LogP contribution in [0.1, 0.15) is 43.7 Å². The summed E-state index contributed by atoms with van der Waals surface area (Å²) in [6.45, 7) is 0.505. The lowest BCUT2D eigenvalue weighted by atomic mass is 9.91. The zero-order chi connectivity index (χ0) is 18.9. The summed E-state index contributed by atoms with van der Waals surface area (Å²) in [6, 6.07) is 1.04. The third-order valence-electron chi connectivity index (χ3n) is 5.54. The molecule has 3 rings (SSSR count).